The van der Waals surface area contributed by atoms with Crippen LogP contribution in [-0.2, 0) is 9.53 Å². The Labute approximate surface area is 131 Å². The molecule has 0 amide bonds. The summed E-state index contributed by atoms with van der Waals surface area (Å²) >= 11 is 6.31. The van der Waals surface area contributed by atoms with Gasteiger partial charge in [0.05, 0.1) is 12.2 Å². The van der Waals surface area contributed by atoms with Gasteiger partial charge in [-0.2, -0.15) is 4.68 Å². The lowest BCUT2D eigenvalue weighted by Gasteiger charge is -2.27. The second kappa shape index (κ2) is 5.76. The molecule has 0 bridgehead atoms. The summed E-state index contributed by atoms with van der Waals surface area (Å²) in [4.78, 5) is 12.4. The van der Waals surface area contributed by atoms with Crippen molar-refractivity contribution in [3.63, 3.8) is 0 Å². The summed E-state index contributed by atoms with van der Waals surface area (Å²) in [6, 6.07) is 6.76. The van der Waals surface area contributed by atoms with Gasteiger partial charge in [0, 0.05) is 16.3 Å². The van der Waals surface area contributed by atoms with E-state index in [9.17, 15) is 4.79 Å². The lowest BCUT2D eigenvalue weighted by molar-refractivity contribution is -0.139. The SMILES string of the molecule is CCOC(=O)C1=C(C)Nc2nnnn2[C@@H]1c1ccccc1Cl. The van der Waals surface area contributed by atoms with E-state index in [-0.39, 0.29) is 6.61 Å². The summed E-state index contributed by atoms with van der Waals surface area (Å²) in [7, 11) is 0. The standard InChI is InChI=1S/C14H14ClN5O2/c1-3-22-13(21)11-8(2)16-14-17-18-19-20(14)12(11)9-6-4-5-7-10(9)15/h4-7,12H,3H2,1-2H3,(H,16,17,19)/t12-/m1/s1. The number of rotatable bonds is 3. The van der Waals surface area contributed by atoms with E-state index in [2.05, 4.69) is 20.8 Å². The van der Waals surface area contributed by atoms with Crippen LogP contribution in [0.5, 0.6) is 0 Å². The molecule has 1 aromatic heterocycles. The van der Waals surface area contributed by atoms with Gasteiger partial charge in [0.2, 0.25) is 5.95 Å². The molecule has 0 spiro atoms. The van der Waals surface area contributed by atoms with E-state index in [0.29, 0.717) is 22.2 Å². The highest BCUT2D eigenvalue weighted by atomic mass is 35.5. The minimum atomic E-state index is -0.529. The molecule has 0 fully saturated rings. The van der Waals surface area contributed by atoms with Crippen molar-refractivity contribution in [1.29, 1.82) is 0 Å². The van der Waals surface area contributed by atoms with Crippen LogP contribution < -0.4 is 5.32 Å². The van der Waals surface area contributed by atoms with Crippen LogP contribution in [0.1, 0.15) is 25.5 Å². The maximum absolute atomic E-state index is 12.4. The molecule has 3 rings (SSSR count). The molecular formula is C14H14ClN5O2. The number of nitrogens with one attached hydrogen (secondary N) is 1. The van der Waals surface area contributed by atoms with E-state index in [1.807, 2.05) is 18.2 Å². The zero-order valence-electron chi connectivity index (χ0n) is 12.1. The molecule has 114 valence electrons. The zero-order chi connectivity index (χ0) is 15.7. The molecule has 1 aliphatic heterocycles. The van der Waals surface area contributed by atoms with Gasteiger partial charge in [0.15, 0.2) is 0 Å². The lowest BCUT2D eigenvalue weighted by Crippen LogP contribution is -2.29. The van der Waals surface area contributed by atoms with Gasteiger partial charge in [-0.25, -0.2) is 4.79 Å². The molecule has 7 nitrogen and oxygen atoms in total. The van der Waals surface area contributed by atoms with Crippen LogP contribution in [0.3, 0.4) is 0 Å². The maximum Gasteiger partial charge on any atom is 0.338 e. The fraction of sp³-hybridized carbons (Fsp3) is 0.286. The van der Waals surface area contributed by atoms with E-state index in [1.54, 1.807) is 19.9 Å². The third kappa shape index (κ3) is 2.33. The molecule has 1 aliphatic rings. The fourth-order valence-electron chi connectivity index (χ4n) is 2.47. The summed E-state index contributed by atoms with van der Waals surface area (Å²) in [6.45, 7) is 3.83. The Morgan fingerprint density at radius 2 is 2.23 bits per heavy atom. The molecule has 8 heteroatoms. The number of tetrazole rings is 1. The Kier molecular flexibility index (Phi) is 3.81. The van der Waals surface area contributed by atoms with Crippen molar-refractivity contribution >= 4 is 23.5 Å². The Morgan fingerprint density at radius 3 is 2.95 bits per heavy atom. The topological polar surface area (TPSA) is 81.9 Å². The fourth-order valence-corrected chi connectivity index (χ4v) is 2.71. The van der Waals surface area contributed by atoms with Crippen molar-refractivity contribution in [2.24, 2.45) is 0 Å². The molecule has 0 aliphatic carbocycles. The second-order valence-corrected chi connectivity index (χ2v) is 5.16. The highest BCUT2D eigenvalue weighted by molar-refractivity contribution is 6.31. The first kappa shape index (κ1) is 14.5. The molecule has 1 atom stereocenters. The quantitative estimate of drug-likeness (QED) is 0.873. The predicted octanol–water partition coefficient (Wildman–Crippen LogP) is 2.18. The number of allylic oxidation sites excluding steroid dienone is 1. The van der Waals surface area contributed by atoms with Gasteiger partial charge in [-0.1, -0.05) is 34.9 Å². The van der Waals surface area contributed by atoms with E-state index < -0.39 is 12.0 Å². The largest absolute Gasteiger partial charge is 0.463 e. The number of ether oxygens (including phenoxy) is 1. The first-order chi connectivity index (χ1) is 10.6. The number of benzene rings is 1. The summed E-state index contributed by atoms with van der Waals surface area (Å²) < 4.78 is 6.70. The minimum absolute atomic E-state index is 0.285. The van der Waals surface area contributed by atoms with Crippen molar-refractivity contribution in [3.8, 4) is 0 Å². The van der Waals surface area contributed by atoms with Gasteiger partial charge in [-0.05, 0) is 30.3 Å². The number of esters is 1. The lowest BCUT2D eigenvalue weighted by atomic mass is 9.96. The average molecular weight is 320 g/mol. The van der Waals surface area contributed by atoms with Gasteiger partial charge in [-0.3, -0.25) is 0 Å². The van der Waals surface area contributed by atoms with Crippen molar-refractivity contribution in [2.75, 3.05) is 11.9 Å². The van der Waals surface area contributed by atoms with Crippen LogP contribution in [0.4, 0.5) is 5.95 Å². The van der Waals surface area contributed by atoms with Crippen LogP contribution in [0.25, 0.3) is 0 Å². The molecule has 0 radical (unpaired) electrons. The van der Waals surface area contributed by atoms with Gasteiger partial charge >= 0.3 is 5.97 Å². The van der Waals surface area contributed by atoms with Gasteiger partial charge in [0.1, 0.15) is 6.04 Å². The normalized spacial score (nSPS) is 17.0. The Balaban J connectivity index is 2.18. The molecule has 22 heavy (non-hydrogen) atoms. The van der Waals surface area contributed by atoms with Crippen LogP contribution >= 0.6 is 11.6 Å². The number of halogens is 1. The van der Waals surface area contributed by atoms with Gasteiger partial charge in [0.25, 0.3) is 0 Å². The molecule has 1 N–H and O–H groups in total. The van der Waals surface area contributed by atoms with E-state index in [1.165, 1.54) is 4.68 Å². The minimum Gasteiger partial charge on any atom is -0.463 e. The number of aromatic nitrogens is 4. The van der Waals surface area contributed by atoms with Crippen LogP contribution in [0.15, 0.2) is 35.5 Å². The highest BCUT2D eigenvalue weighted by Crippen LogP contribution is 2.37. The molecule has 0 unspecified atom stereocenters. The van der Waals surface area contributed by atoms with Crippen molar-refractivity contribution in [3.05, 3.63) is 46.1 Å². The third-order valence-corrected chi connectivity index (χ3v) is 3.75. The van der Waals surface area contributed by atoms with Crippen LogP contribution in [0.2, 0.25) is 5.02 Å². The molecule has 2 aromatic rings. The summed E-state index contributed by atoms with van der Waals surface area (Å²) in [5.41, 5.74) is 1.82. The Morgan fingerprint density at radius 1 is 1.45 bits per heavy atom. The number of hydrogen-bond acceptors (Lipinski definition) is 6. The number of carbonyl (C=O) groups is 1. The summed E-state index contributed by atoms with van der Waals surface area (Å²) in [6.07, 6.45) is 0. The molecule has 0 saturated heterocycles. The predicted molar refractivity (Wildman–Crippen MR) is 80.4 cm³/mol. The van der Waals surface area contributed by atoms with E-state index in [0.717, 1.165) is 5.56 Å². The highest BCUT2D eigenvalue weighted by Gasteiger charge is 2.35. The smallest absolute Gasteiger partial charge is 0.338 e. The van der Waals surface area contributed by atoms with E-state index >= 15 is 0 Å². The number of carbonyl (C=O) groups excluding carboxylic acids is 1. The summed E-state index contributed by atoms with van der Waals surface area (Å²) in [5.74, 6) is 0.0361. The maximum atomic E-state index is 12.4. The van der Waals surface area contributed by atoms with Crippen molar-refractivity contribution in [2.45, 2.75) is 19.9 Å². The first-order valence-electron chi connectivity index (χ1n) is 6.80. The first-order valence-corrected chi connectivity index (χ1v) is 7.18. The number of hydrogen-bond donors (Lipinski definition) is 1. The number of fused-ring (bicyclic) bond motifs is 1. The molecular weight excluding hydrogens is 306 g/mol. The summed E-state index contributed by atoms with van der Waals surface area (Å²) in [5, 5.41) is 15.1. The molecule has 1 aromatic carbocycles. The second-order valence-electron chi connectivity index (χ2n) is 4.76. The average Bonchev–Trinajstić information content (AvgIpc) is 2.94. The van der Waals surface area contributed by atoms with Crippen LogP contribution in [0, 0.1) is 0 Å². The van der Waals surface area contributed by atoms with Crippen molar-refractivity contribution in [1.82, 2.24) is 20.2 Å². The number of nitrogens with zero attached hydrogens (tertiary/aromatic N) is 4. The monoisotopic (exact) mass is 319 g/mol. The number of anilines is 1. The molecule has 0 saturated carbocycles. The zero-order valence-corrected chi connectivity index (χ0v) is 12.8. The Hall–Kier alpha value is -2.41. The van der Waals surface area contributed by atoms with Gasteiger partial charge in [-0.15, -0.1) is 0 Å². The van der Waals surface area contributed by atoms with Crippen molar-refractivity contribution < 1.29 is 9.53 Å². The third-order valence-electron chi connectivity index (χ3n) is 3.41. The van der Waals surface area contributed by atoms with Gasteiger partial charge < -0.3 is 10.1 Å². The van der Waals surface area contributed by atoms with Crippen LogP contribution in [-0.4, -0.2) is 32.8 Å². The van der Waals surface area contributed by atoms with E-state index in [4.69, 9.17) is 16.3 Å². The Bertz CT molecular complexity index is 755. The molecule has 2 heterocycles.